The molecule has 0 aliphatic carbocycles. The zero-order valence-corrected chi connectivity index (χ0v) is 14.3. The van der Waals surface area contributed by atoms with Gasteiger partial charge >= 0.3 is 12.1 Å². The Kier molecular flexibility index (Phi) is 5.16. The molecule has 25 heavy (non-hydrogen) atoms. The Bertz CT molecular complexity index is 781. The Balaban J connectivity index is 2.61. The molecule has 2 atom stereocenters. The third-order valence-corrected chi connectivity index (χ3v) is 5.86. The Labute approximate surface area is 142 Å². The summed E-state index contributed by atoms with van der Waals surface area (Å²) in [5.41, 5.74) is -3.24. The highest BCUT2D eigenvalue weighted by Crippen LogP contribution is 2.36. The number of carboxylic acid groups (broad SMARTS) is 1. The molecule has 2 rings (SSSR count). The quantitative estimate of drug-likeness (QED) is 0.814. The third-order valence-electron chi connectivity index (χ3n) is 4.06. The summed E-state index contributed by atoms with van der Waals surface area (Å²) in [6.45, 7) is 3.83. The molecule has 0 spiro atoms. The number of nitrogens with zero attached hydrogens (tertiary/aromatic N) is 1. The van der Waals surface area contributed by atoms with Crippen molar-refractivity contribution in [1.82, 2.24) is 4.31 Å². The number of piperidine rings is 1. The first kappa shape index (κ1) is 19.6. The van der Waals surface area contributed by atoms with Gasteiger partial charge in [0.1, 0.15) is 5.82 Å². The van der Waals surface area contributed by atoms with Crippen molar-refractivity contribution in [2.45, 2.75) is 31.3 Å². The van der Waals surface area contributed by atoms with Gasteiger partial charge in [0.05, 0.1) is 16.0 Å². The van der Waals surface area contributed by atoms with E-state index < -0.39 is 44.0 Å². The Hall–Kier alpha value is -1.68. The molecule has 1 aliphatic heterocycles. The van der Waals surface area contributed by atoms with Gasteiger partial charge in [-0.05, 0) is 30.4 Å². The van der Waals surface area contributed by atoms with Crippen molar-refractivity contribution in [3.63, 3.8) is 0 Å². The van der Waals surface area contributed by atoms with E-state index in [-0.39, 0.29) is 31.0 Å². The van der Waals surface area contributed by atoms with Gasteiger partial charge in [0.25, 0.3) is 0 Å². The van der Waals surface area contributed by atoms with Gasteiger partial charge in [-0.1, -0.05) is 13.8 Å². The van der Waals surface area contributed by atoms with Gasteiger partial charge in [-0.15, -0.1) is 0 Å². The summed E-state index contributed by atoms with van der Waals surface area (Å²) in [5.74, 6) is -3.97. The van der Waals surface area contributed by atoms with Gasteiger partial charge in [0, 0.05) is 13.1 Å². The zero-order chi connectivity index (χ0) is 19.2. The lowest BCUT2D eigenvalue weighted by Crippen LogP contribution is -2.42. The lowest BCUT2D eigenvalue weighted by atomic mass is 9.94. The maximum Gasteiger partial charge on any atom is 0.419 e. The second kappa shape index (κ2) is 6.56. The van der Waals surface area contributed by atoms with E-state index in [2.05, 4.69) is 0 Å². The standard InChI is InChI=1S/C15H17F4NO4S/c1-8-3-9(2)7-20(6-8)25(23,24)10-4-11(14(21)22)13(16)12(5-10)15(17,18)19/h4-5,8-9H,3,6-7H2,1-2H3,(H,21,22)/t8-,9+. The van der Waals surface area contributed by atoms with Crippen LogP contribution in [0.5, 0.6) is 0 Å². The number of aromatic carboxylic acids is 1. The van der Waals surface area contributed by atoms with E-state index in [1.54, 1.807) is 0 Å². The largest absolute Gasteiger partial charge is 0.478 e. The minimum Gasteiger partial charge on any atom is -0.478 e. The van der Waals surface area contributed by atoms with Crippen molar-refractivity contribution in [3.05, 3.63) is 29.1 Å². The number of halogens is 4. The van der Waals surface area contributed by atoms with Gasteiger partial charge < -0.3 is 5.11 Å². The Morgan fingerprint density at radius 1 is 1.20 bits per heavy atom. The van der Waals surface area contributed by atoms with Crippen LogP contribution in [0.4, 0.5) is 17.6 Å². The van der Waals surface area contributed by atoms with Crippen LogP contribution in [0.15, 0.2) is 17.0 Å². The molecule has 0 bridgehead atoms. The lowest BCUT2D eigenvalue weighted by Gasteiger charge is -2.34. The van der Waals surface area contributed by atoms with E-state index in [0.29, 0.717) is 6.07 Å². The number of benzene rings is 1. The number of rotatable bonds is 3. The first-order chi connectivity index (χ1) is 11.3. The van der Waals surface area contributed by atoms with Crippen molar-refractivity contribution >= 4 is 16.0 Å². The highest BCUT2D eigenvalue weighted by Gasteiger charge is 2.39. The minimum absolute atomic E-state index is 0.00000374. The number of carbonyl (C=O) groups is 1. The van der Waals surface area contributed by atoms with Crippen LogP contribution in [-0.4, -0.2) is 36.9 Å². The molecule has 1 heterocycles. The van der Waals surface area contributed by atoms with Crippen molar-refractivity contribution in [2.24, 2.45) is 11.8 Å². The zero-order valence-electron chi connectivity index (χ0n) is 13.5. The highest BCUT2D eigenvalue weighted by atomic mass is 32.2. The lowest BCUT2D eigenvalue weighted by molar-refractivity contribution is -0.140. The Morgan fingerprint density at radius 2 is 1.72 bits per heavy atom. The summed E-state index contributed by atoms with van der Waals surface area (Å²) in [7, 11) is -4.38. The van der Waals surface area contributed by atoms with Gasteiger partial charge in [0.15, 0.2) is 0 Å². The van der Waals surface area contributed by atoms with E-state index in [1.165, 1.54) is 0 Å². The number of hydrogen-bond acceptors (Lipinski definition) is 3. The van der Waals surface area contributed by atoms with Crippen molar-refractivity contribution < 1.29 is 35.9 Å². The van der Waals surface area contributed by atoms with Gasteiger partial charge in [-0.3, -0.25) is 0 Å². The van der Waals surface area contributed by atoms with E-state index >= 15 is 0 Å². The normalized spacial score (nSPS) is 22.8. The number of alkyl halides is 3. The number of hydrogen-bond donors (Lipinski definition) is 1. The maximum atomic E-state index is 13.8. The van der Waals surface area contributed by atoms with E-state index in [1.807, 2.05) is 13.8 Å². The molecule has 1 aromatic carbocycles. The molecule has 140 valence electrons. The molecule has 0 radical (unpaired) electrons. The minimum atomic E-state index is -5.22. The van der Waals surface area contributed by atoms with Crippen LogP contribution in [0.25, 0.3) is 0 Å². The topological polar surface area (TPSA) is 74.7 Å². The molecule has 5 nitrogen and oxygen atoms in total. The molecule has 1 fully saturated rings. The summed E-state index contributed by atoms with van der Waals surface area (Å²) in [6.07, 6.45) is -4.45. The van der Waals surface area contributed by atoms with Crippen LogP contribution in [0.3, 0.4) is 0 Å². The molecule has 1 N–H and O–H groups in total. The van der Waals surface area contributed by atoms with Crippen LogP contribution >= 0.6 is 0 Å². The average Bonchev–Trinajstić information content (AvgIpc) is 2.44. The van der Waals surface area contributed by atoms with Gasteiger partial charge in [-0.2, -0.15) is 17.5 Å². The average molecular weight is 383 g/mol. The molecule has 0 aromatic heterocycles. The summed E-state index contributed by atoms with van der Waals surface area (Å²) in [6, 6.07) is 0.591. The SMILES string of the molecule is C[C@@H]1C[C@H](C)CN(S(=O)(=O)c2cc(C(=O)O)c(F)c(C(F)(F)F)c2)C1. The summed E-state index contributed by atoms with van der Waals surface area (Å²) in [5, 5.41) is 8.92. The first-order valence-electron chi connectivity index (χ1n) is 7.48. The molecule has 10 heteroatoms. The van der Waals surface area contributed by atoms with Crippen molar-refractivity contribution in [3.8, 4) is 0 Å². The smallest absolute Gasteiger partial charge is 0.419 e. The summed E-state index contributed by atoms with van der Waals surface area (Å²) < 4.78 is 79.2. The number of carboxylic acids is 1. The van der Waals surface area contributed by atoms with Crippen LogP contribution in [-0.2, 0) is 16.2 Å². The fourth-order valence-electron chi connectivity index (χ4n) is 3.06. The monoisotopic (exact) mass is 383 g/mol. The van der Waals surface area contributed by atoms with Crippen LogP contribution in [0.1, 0.15) is 36.2 Å². The fourth-order valence-corrected chi connectivity index (χ4v) is 4.79. The van der Waals surface area contributed by atoms with E-state index in [9.17, 15) is 30.8 Å². The molecule has 0 saturated carbocycles. The summed E-state index contributed by atoms with van der Waals surface area (Å²) in [4.78, 5) is 10.2. The van der Waals surface area contributed by atoms with E-state index in [0.717, 1.165) is 10.7 Å². The molecule has 1 aromatic rings. The second-order valence-electron chi connectivity index (χ2n) is 6.40. The van der Waals surface area contributed by atoms with Crippen LogP contribution in [0, 0.1) is 17.7 Å². The maximum absolute atomic E-state index is 13.8. The predicted molar refractivity (Wildman–Crippen MR) is 80.1 cm³/mol. The third kappa shape index (κ3) is 3.95. The van der Waals surface area contributed by atoms with Gasteiger partial charge in [0.2, 0.25) is 10.0 Å². The molecule has 0 unspecified atom stereocenters. The van der Waals surface area contributed by atoms with Crippen LogP contribution in [0.2, 0.25) is 0 Å². The summed E-state index contributed by atoms with van der Waals surface area (Å²) >= 11 is 0. The predicted octanol–water partition coefficient (Wildman–Crippen LogP) is 3.21. The number of sulfonamides is 1. The van der Waals surface area contributed by atoms with Crippen LogP contribution < -0.4 is 0 Å². The Morgan fingerprint density at radius 3 is 2.16 bits per heavy atom. The first-order valence-corrected chi connectivity index (χ1v) is 8.92. The van der Waals surface area contributed by atoms with Crippen molar-refractivity contribution in [2.75, 3.05) is 13.1 Å². The molecular formula is C15H17F4NO4S. The molecule has 1 saturated heterocycles. The van der Waals surface area contributed by atoms with Crippen molar-refractivity contribution in [1.29, 1.82) is 0 Å². The molecular weight excluding hydrogens is 366 g/mol. The van der Waals surface area contributed by atoms with Gasteiger partial charge in [-0.25, -0.2) is 17.6 Å². The molecule has 1 aliphatic rings. The molecule has 0 amide bonds. The highest BCUT2D eigenvalue weighted by molar-refractivity contribution is 7.89. The van der Waals surface area contributed by atoms with E-state index in [4.69, 9.17) is 5.11 Å². The fraction of sp³-hybridized carbons (Fsp3) is 0.533. The second-order valence-corrected chi connectivity index (χ2v) is 8.34.